The third kappa shape index (κ3) is 3.95. The zero-order chi connectivity index (χ0) is 22.5. The largest absolute Gasteiger partial charge is 0.328 e. The van der Waals surface area contributed by atoms with Crippen LogP contribution in [0.2, 0.25) is 5.02 Å². The molecule has 1 aromatic heterocycles. The van der Waals surface area contributed by atoms with Crippen LogP contribution in [-0.4, -0.2) is 20.5 Å². The molecule has 32 heavy (non-hydrogen) atoms. The molecule has 2 heterocycles. The summed E-state index contributed by atoms with van der Waals surface area (Å²) in [4.78, 5) is 17.9. The Labute approximate surface area is 195 Å². The van der Waals surface area contributed by atoms with E-state index in [9.17, 15) is 9.18 Å². The Morgan fingerprint density at radius 1 is 1.19 bits per heavy atom. The lowest BCUT2D eigenvalue weighted by molar-refractivity contribution is -0.118. The monoisotopic (exact) mass is 468 g/mol. The minimum Gasteiger partial charge on any atom is -0.328 e. The minimum absolute atomic E-state index is 0.116. The molecule has 0 spiro atoms. The Hall–Kier alpha value is -2.64. The van der Waals surface area contributed by atoms with Gasteiger partial charge in [0, 0.05) is 28.5 Å². The van der Waals surface area contributed by atoms with E-state index in [4.69, 9.17) is 16.7 Å². The molecule has 2 aliphatic rings. The third-order valence-corrected chi connectivity index (χ3v) is 6.95. The molecule has 5 rings (SSSR count). The summed E-state index contributed by atoms with van der Waals surface area (Å²) in [7, 11) is 0. The predicted octanol–water partition coefficient (Wildman–Crippen LogP) is 6.02. The molecule has 3 aromatic rings. The second-order valence-corrected chi connectivity index (χ2v) is 10.3. The van der Waals surface area contributed by atoms with Gasteiger partial charge in [0.2, 0.25) is 11.1 Å². The number of fused-ring (bicyclic) bond motifs is 1. The van der Waals surface area contributed by atoms with Crippen molar-refractivity contribution < 1.29 is 9.18 Å². The fraction of sp³-hybridized carbons (Fsp3) is 0.292. The van der Waals surface area contributed by atoms with E-state index in [1.807, 2.05) is 30.3 Å². The number of aromatic nitrogens is 3. The van der Waals surface area contributed by atoms with Crippen LogP contribution in [0, 0.1) is 11.2 Å². The second kappa shape index (κ2) is 8.05. The fourth-order valence-electron chi connectivity index (χ4n) is 4.36. The topological polar surface area (TPSA) is 59.8 Å². The number of rotatable bonds is 4. The lowest BCUT2D eigenvalue weighted by Crippen LogP contribution is -2.36. The number of carbonyl (C=O) groups excluding carboxylic acids is 1. The molecule has 0 saturated heterocycles. The summed E-state index contributed by atoms with van der Waals surface area (Å²) in [6.45, 7) is 4.20. The van der Waals surface area contributed by atoms with E-state index in [1.54, 1.807) is 16.8 Å². The Kier molecular flexibility index (Phi) is 5.34. The number of allylic oxidation sites excluding steroid dienone is 2. The van der Waals surface area contributed by atoms with E-state index < -0.39 is 0 Å². The zero-order valence-electron chi connectivity index (χ0n) is 17.7. The van der Waals surface area contributed by atoms with Gasteiger partial charge in [-0.15, -0.1) is 5.10 Å². The quantitative estimate of drug-likeness (QED) is 0.474. The first kappa shape index (κ1) is 21.2. The van der Waals surface area contributed by atoms with E-state index in [0.29, 0.717) is 33.9 Å². The molecule has 5 nitrogen and oxygen atoms in total. The van der Waals surface area contributed by atoms with Crippen molar-refractivity contribution in [1.29, 1.82) is 0 Å². The number of halogens is 2. The van der Waals surface area contributed by atoms with Crippen molar-refractivity contribution in [3.8, 4) is 0 Å². The number of hydrogen-bond acceptors (Lipinski definition) is 5. The molecule has 1 aliphatic carbocycles. The Morgan fingerprint density at radius 2 is 1.94 bits per heavy atom. The van der Waals surface area contributed by atoms with Crippen molar-refractivity contribution in [2.24, 2.45) is 5.41 Å². The van der Waals surface area contributed by atoms with Gasteiger partial charge in [-0.05, 0) is 41.2 Å². The molecule has 0 fully saturated rings. The van der Waals surface area contributed by atoms with Crippen LogP contribution in [0.25, 0.3) is 0 Å². The highest BCUT2D eigenvalue weighted by molar-refractivity contribution is 7.98. The number of Topliss-reactive ketones (excluding diaryl/α,β-unsaturated/α-hetero) is 1. The number of carbonyl (C=O) groups is 1. The number of ketones is 1. The van der Waals surface area contributed by atoms with Gasteiger partial charge >= 0.3 is 0 Å². The van der Waals surface area contributed by atoms with Crippen molar-refractivity contribution in [1.82, 2.24) is 14.8 Å². The third-order valence-electron chi connectivity index (χ3n) is 5.81. The van der Waals surface area contributed by atoms with Gasteiger partial charge in [-0.1, -0.05) is 67.5 Å². The molecule has 8 heteroatoms. The summed E-state index contributed by atoms with van der Waals surface area (Å²) < 4.78 is 15.8. The fourth-order valence-corrected chi connectivity index (χ4v) is 5.30. The van der Waals surface area contributed by atoms with E-state index in [-0.39, 0.29) is 23.1 Å². The maximum atomic E-state index is 14.0. The maximum absolute atomic E-state index is 14.0. The van der Waals surface area contributed by atoms with E-state index in [2.05, 4.69) is 24.1 Å². The van der Waals surface area contributed by atoms with Gasteiger partial charge in [0.25, 0.3) is 0 Å². The Balaban J connectivity index is 1.53. The van der Waals surface area contributed by atoms with Gasteiger partial charge < -0.3 is 5.32 Å². The van der Waals surface area contributed by atoms with Crippen molar-refractivity contribution in [2.75, 3.05) is 5.32 Å². The molecular formula is C24H22ClFN4OS. The van der Waals surface area contributed by atoms with Crippen LogP contribution in [0.4, 0.5) is 10.3 Å². The van der Waals surface area contributed by atoms with E-state index >= 15 is 0 Å². The van der Waals surface area contributed by atoms with Gasteiger partial charge in [0.1, 0.15) is 11.9 Å². The lowest BCUT2D eigenvalue weighted by Gasteiger charge is -2.38. The number of anilines is 1. The van der Waals surface area contributed by atoms with Crippen molar-refractivity contribution in [2.45, 2.75) is 43.6 Å². The number of hydrogen-bond donors (Lipinski definition) is 1. The van der Waals surface area contributed by atoms with Gasteiger partial charge in [-0.3, -0.25) is 4.79 Å². The van der Waals surface area contributed by atoms with Crippen LogP contribution in [-0.2, 0) is 10.5 Å². The summed E-state index contributed by atoms with van der Waals surface area (Å²) in [6, 6.07) is 13.8. The van der Waals surface area contributed by atoms with Gasteiger partial charge in [0.05, 0.1) is 0 Å². The molecule has 164 valence electrons. The zero-order valence-corrected chi connectivity index (χ0v) is 19.3. The van der Waals surface area contributed by atoms with Crippen molar-refractivity contribution >= 4 is 35.1 Å². The number of thioether (sulfide) groups is 1. The average Bonchev–Trinajstić information content (AvgIpc) is 3.14. The highest BCUT2D eigenvalue weighted by atomic mass is 35.5. The normalized spacial score (nSPS) is 19.4. The standard InChI is InChI=1S/C24H22ClFN4OS/c1-24(2)11-18-20(19(31)12-24)21(14-7-9-16(25)10-8-14)30-22(27-18)28-23(29-30)32-13-15-5-3-4-6-17(15)26/h3-10,21H,11-13H2,1-2H3,(H,27,28,29). The van der Waals surface area contributed by atoms with Crippen LogP contribution >= 0.6 is 23.4 Å². The molecule has 1 aliphatic heterocycles. The number of nitrogens with one attached hydrogen (secondary N) is 1. The van der Waals surface area contributed by atoms with Crippen LogP contribution < -0.4 is 5.32 Å². The van der Waals surface area contributed by atoms with E-state index in [0.717, 1.165) is 23.3 Å². The second-order valence-electron chi connectivity index (χ2n) is 8.95. The molecule has 0 bridgehead atoms. The highest BCUT2D eigenvalue weighted by Gasteiger charge is 2.41. The molecular weight excluding hydrogens is 447 g/mol. The van der Waals surface area contributed by atoms with Gasteiger partial charge in [-0.25, -0.2) is 9.07 Å². The molecule has 2 aromatic carbocycles. The van der Waals surface area contributed by atoms with Crippen molar-refractivity contribution in [3.05, 3.63) is 81.8 Å². The first-order chi connectivity index (χ1) is 15.3. The smallest absolute Gasteiger partial charge is 0.227 e. The average molecular weight is 469 g/mol. The van der Waals surface area contributed by atoms with Gasteiger partial charge in [0.15, 0.2) is 5.78 Å². The first-order valence-corrected chi connectivity index (χ1v) is 11.8. The highest BCUT2D eigenvalue weighted by Crippen LogP contribution is 2.45. The molecule has 0 radical (unpaired) electrons. The predicted molar refractivity (Wildman–Crippen MR) is 124 cm³/mol. The summed E-state index contributed by atoms with van der Waals surface area (Å²) in [5, 5.41) is 9.22. The molecule has 1 atom stereocenters. The molecule has 1 unspecified atom stereocenters. The Morgan fingerprint density at radius 3 is 2.69 bits per heavy atom. The Bertz CT molecular complexity index is 1240. The van der Waals surface area contributed by atoms with Crippen LogP contribution in [0.15, 0.2) is 65.0 Å². The van der Waals surface area contributed by atoms with Crippen LogP contribution in [0.1, 0.15) is 43.9 Å². The van der Waals surface area contributed by atoms with E-state index in [1.165, 1.54) is 17.8 Å². The summed E-state index contributed by atoms with van der Waals surface area (Å²) in [5.74, 6) is 0.877. The summed E-state index contributed by atoms with van der Waals surface area (Å²) in [5.41, 5.74) is 3.03. The lowest BCUT2D eigenvalue weighted by atomic mass is 9.73. The summed E-state index contributed by atoms with van der Waals surface area (Å²) >= 11 is 7.48. The maximum Gasteiger partial charge on any atom is 0.227 e. The number of benzene rings is 2. The first-order valence-electron chi connectivity index (χ1n) is 10.4. The molecule has 1 N–H and O–H groups in total. The molecule has 0 saturated carbocycles. The van der Waals surface area contributed by atoms with Gasteiger partial charge in [-0.2, -0.15) is 4.98 Å². The number of nitrogens with zero attached hydrogens (tertiary/aromatic N) is 3. The van der Waals surface area contributed by atoms with Crippen LogP contribution in [0.5, 0.6) is 0 Å². The summed E-state index contributed by atoms with van der Waals surface area (Å²) in [6.07, 6.45) is 1.24. The van der Waals surface area contributed by atoms with Crippen molar-refractivity contribution in [3.63, 3.8) is 0 Å². The SMILES string of the molecule is CC1(C)CC(=O)C2=C(C1)Nc1nc(SCc3ccccc3F)nn1C2c1ccc(Cl)cc1. The minimum atomic E-state index is -0.377. The molecule has 0 amide bonds. The van der Waals surface area contributed by atoms with Crippen LogP contribution in [0.3, 0.4) is 0 Å².